The van der Waals surface area contributed by atoms with Crippen molar-refractivity contribution in [2.24, 2.45) is 5.73 Å². The summed E-state index contributed by atoms with van der Waals surface area (Å²) in [5.74, 6) is 2.43. The molecule has 0 saturated heterocycles. The van der Waals surface area contributed by atoms with Gasteiger partial charge in [0.15, 0.2) is 5.82 Å². The van der Waals surface area contributed by atoms with Crippen LogP contribution in [0.1, 0.15) is 31.5 Å². The molecule has 0 saturated carbocycles. The van der Waals surface area contributed by atoms with Crippen molar-refractivity contribution in [1.29, 1.82) is 0 Å². The Morgan fingerprint density at radius 3 is 3.04 bits per heavy atom. The molecule has 0 fully saturated rings. The molecule has 1 atom stereocenters. The summed E-state index contributed by atoms with van der Waals surface area (Å²) in [7, 11) is 0. The second kappa shape index (κ2) is 8.88. The van der Waals surface area contributed by atoms with Crippen LogP contribution in [0.4, 0.5) is 5.69 Å². The van der Waals surface area contributed by atoms with Crippen molar-refractivity contribution in [2.75, 3.05) is 17.3 Å². The number of hydrogen-bond donors (Lipinski definition) is 2. The molecule has 8 heteroatoms. The average Bonchev–Trinajstić information content (AvgIpc) is 2.89. The van der Waals surface area contributed by atoms with E-state index in [-0.39, 0.29) is 5.91 Å². The number of aryl methyl sites for hydroxylation is 1. The Hall–Kier alpha value is -1.57. The Morgan fingerprint density at radius 2 is 2.23 bits per heavy atom. The van der Waals surface area contributed by atoms with Crippen LogP contribution in [0.15, 0.2) is 18.2 Å². The summed E-state index contributed by atoms with van der Waals surface area (Å²) in [6.07, 6.45) is 7.01. The third kappa shape index (κ3) is 4.39. The molecule has 1 aliphatic rings. The lowest BCUT2D eigenvalue weighted by atomic mass is 10.1. The van der Waals surface area contributed by atoms with Crippen molar-refractivity contribution < 1.29 is 4.79 Å². The lowest BCUT2D eigenvalue weighted by Crippen LogP contribution is -2.36. The maximum Gasteiger partial charge on any atom is 0.241 e. The Kier molecular flexibility index (Phi) is 6.56. The molecule has 6 nitrogen and oxygen atoms in total. The van der Waals surface area contributed by atoms with Gasteiger partial charge in [-0.05, 0) is 49.5 Å². The zero-order chi connectivity index (χ0) is 18.5. The van der Waals surface area contributed by atoms with E-state index in [9.17, 15) is 4.79 Å². The third-order valence-electron chi connectivity index (χ3n) is 4.55. The summed E-state index contributed by atoms with van der Waals surface area (Å²) in [6, 6.07) is 4.89. The number of hydrogen-bond acceptors (Lipinski definition) is 5. The second-order valence-electron chi connectivity index (χ2n) is 6.47. The third-order valence-corrected chi connectivity index (χ3v) is 5.53. The van der Waals surface area contributed by atoms with E-state index in [0.717, 1.165) is 48.8 Å². The molecule has 1 aliphatic heterocycles. The monoisotopic (exact) mass is 393 g/mol. The minimum atomic E-state index is -0.522. The summed E-state index contributed by atoms with van der Waals surface area (Å²) < 4.78 is 2.14. The van der Waals surface area contributed by atoms with Gasteiger partial charge in [-0.25, -0.2) is 0 Å². The molecule has 3 N–H and O–H groups in total. The highest BCUT2D eigenvalue weighted by Crippen LogP contribution is 2.31. The molecule has 0 radical (unpaired) electrons. The number of thioether (sulfide) groups is 1. The molecule has 0 aliphatic carbocycles. The van der Waals surface area contributed by atoms with E-state index in [4.69, 9.17) is 17.3 Å². The Morgan fingerprint density at radius 1 is 1.38 bits per heavy atom. The van der Waals surface area contributed by atoms with E-state index in [0.29, 0.717) is 17.1 Å². The van der Waals surface area contributed by atoms with Gasteiger partial charge in [0.05, 0.1) is 11.1 Å². The van der Waals surface area contributed by atoms with Crippen molar-refractivity contribution in [3.63, 3.8) is 0 Å². The van der Waals surface area contributed by atoms with Crippen LogP contribution in [-0.2, 0) is 17.8 Å². The van der Waals surface area contributed by atoms with Gasteiger partial charge in [-0.1, -0.05) is 18.0 Å². The normalized spacial score (nSPS) is 15.2. The number of amides is 1. The van der Waals surface area contributed by atoms with Crippen LogP contribution in [0, 0.1) is 0 Å². The van der Waals surface area contributed by atoms with Gasteiger partial charge < -0.3 is 15.6 Å². The number of nitrogens with one attached hydrogen (secondary N) is 1. The number of halogens is 1. The van der Waals surface area contributed by atoms with E-state index in [1.807, 2.05) is 12.3 Å². The average molecular weight is 394 g/mol. The van der Waals surface area contributed by atoms with E-state index in [1.165, 1.54) is 6.42 Å². The second-order valence-corrected chi connectivity index (χ2v) is 7.87. The predicted octanol–water partition coefficient (Wildman–Crippen LogP) is 3.34. The molecule has 26 heavy (non-hydrogen) atoms. The molecule has 0 bridgehead atoms. The molecule has 0 spiro atoms. The number of nitrogens with two attached hydrogens (primary N) is 1. The summed E-state index contributed by atoms with van der Waals surface area (Å²) in [4.78, 5) is 12.3. The first-order valence-electron chi connectivity index (χ1n) is 8.87. The van der Waals surface area contributed by atoms with Gasteiger partial charge in [0.2, 0.25) is 5.91 Å². The highest BCUT2D eigenvalue weighted by molar-refractivity contribution is 7.98. The number of benzene rings is 1. The van der Waals surface area contributed by atoms with Gasteiger partial charge in [-0.2, -0.15) is 11.8 Å². The van der Waals surface area contributed by atoms with Crippen molar-refractivity contribution in [2.45, 2.75) is 44.7 Å². The van der Waals surface area contributed by atoms with E-state index in [1.54, 1.807) is 23.9 Å². The fraction of sp³-hybridized carbons (Fsp3) is 0.500. The van der Waals surface area contributed by atoms with Crippen LogP contribution in [-0.4, -0.2) is 38.7 Å². The zero-order valence-electron chi connectivity index (χ0n) is 14.9. The maximum atomic E-state index is 12.3. The molecule has 1 amide bonds. The Labute approximate surface area is 162 Å². The highest BCUT2D eigenvalue weighted by atomic mass is 35.5. The minimum Gasteiger partial charge on any atom is -0.325 e. The lowest BCUT2D eigenvalue weighted by Gasteiger charge is -2.13. The topological polar surface area (TPSA) is 85.8 Å². The van der Waals surface area contributed by atoms with Gasteiger partial charge in [0, 0.05) is 24.2 Å². The SMILES string of the molecule is CSCC[C@H](N)C(=O)Nc1ccc(Cl)c(-c2nnc3n2CCCCC3)c1. The number of carbonyl (C=O) groups is 1. The molecule has 2 heterocycles. The van der Waals surface area contributed by atoms with Crippen molar-refractivity contribution in [3.05, 3.63) is 29.0 Å². The van der Waals surface area contributed by atoms with Crippen molar-refractivity contribution in [3.8, 4) is 11.4 Å². The van der Waals surface area contributed by atoms with Crippen molar-refractivity contribution in [1.82, 2.24) is 14.8 Å². The van der Waals surface area contributed by atoms with Gasteiger partial charge >= 0.3 is 0 Å². The molecule has 2 aromatic rings. The minimum absolute atomic E-state index is 0.188. The number of aromatic nitrogens is 3. The number of nitrogens with zero attached hydrogens (tertiary/aromatic N) is 3. The molecule has 0 unspecified atom stereocenters. The molecule has 1 aromatic heterocycles. The van der Waals surface area contributed by atoms with Crippen molar-refractivity contribution >= 4 is 35.0 Å². The predicted molar refractivity (Wildman–Crippen MR) is 108 cm³/mol. The van der Waals surface area contributed by atoms with Crippen LogP contribution in [0.3, 0.4) is 0 Å². The molecule has 1 aromatic carbocycles. The number of fused-ring (bicyclic) bond motifs is 1. The molecular formula is C18H24ClN5OS. The first-order valence-corrected chi connectivity index (χ1v) is 10.6. The quantitative estimate of drug-likeness (QED) is 0.786. The van der Waals surface area contributed by atoms with E-state index >= 15 is 0 Å². The standard InChI is InChI=1S/C18H24ClN5OS/c1-26-10-8-15(20)18(25)21-12-6-7-14(19)13(11-12)17-23-22-16-5-3-2-4-9-24(16)17/h6-7,11,15H,2-5,8-10,20H2,1H3,(H,21,25)/t15-/m0/s1. The summed E-state index contributed by atoms with van der Waals surface area (Å²) in [5.41, 5.74) is 7.39. The number of carbonyl (C=O) groups excluding carboxylic acids is 1. The lowest BCUT2D eigenvalue weighted by molar-refractivity contribution is -0.117. The summed E-state index contributed by atoms with van der Waals surface area (Å²) >= 11 is 8.09. The van der Waals surface area contributed by atoms with Crippen LogP contribution < -0.4 is 11.1 Å². The number of rotatable bonds is 6. The highest BCUT2D eigenvalue weighted by Gasteiger charge is 2.19. The summed E-state index contributed by atoms with van der Waals surface area (Å²) in [6.45, 7) is 0.893. The zero-order valence-corrected chi connectivity index (χ0v) is 16.4. The first-order chi connectivity index (χ1) is 12.6. The fourth-order valence-electron chi connectivity index (χ4n) is 3.07. The van der Waals surface area contributed by atoms with Crippen LogP contribution in [0.5, 0.6) is 0 Å². The number of anilines is 1. The van der Waals surface area contributed by atoms with Crippen LogP contribution >= 0.6 is 23.4 Å². The summed E-state index contributed by atoms with van der Waals surface area (Å²) in [5, 5.41) is 12.2. The Bertz CT molecular complexity index is 779. The fourth-order valence-corrected chi connectivity index (χ4v) is 3.76. The molecular weight excluding hydrogens is 370 g/mol. The van der Waals surface area contributed by atoms with Gasteiger partial charge in [-0.15, -0.1) is 10.2 Å². The van der Waals surface area contributed by atoms with Crippen LogP contribution in [0.2, 0.25) is 5.02 Å². The Balaban J connectivity index is 1.83. The van der Waals surface area contributed by atoms with Gasteiger partial charge in [-0.3, -0.25) is 4.79 Å². The first kappa shape index (κ1) is 19.2. The van der Waals surface area contributed by atoms with Gasteiger partial charge in [0.1, 0.15) is 5.82 Å². The van der Waals surface area contributed by atoms with Gasteiger partial charge in [0.25, 0.3) is 0 Å². The van der Waals surface area contributed by atoms with E-state index in [2.05, 4.69) is 20.1 Å². The van der Waals surface area contributed by atoms with E-state index < -0.39 is 6.04 Å². The molecule has 3 rings (SSSR count). The maximum absolute atomic E-state index is 12.3. The molecule has 140 valence electrons. The smallest absolute Gasteiger partial charge is 0.241 e. The largest absolute Gasteiger partial charge is 0.325 e. The van der Waals surface area contributed by atoms with Crippen LogP contribution in [0.25, 0.3) is 11.4 Å².